The van der Waals surface area contributed by atoms with Gasteiger partial charge < -0.3 is 15.2 Å². The van der Waals surface area contributed by atoms with Crippen LogP contribution < -0.4 is 15.2 Å². The van der Waals surface area contributed by atoms with E-state index in [1.807, 2.05) is 0 Å². The standard InChI is InChI=1S/C15H23NO3/c1-10(2)7-12(9-16)15(17)11-5-6-13(18-3)14(8-11)19-4/h5-6,8,10,12H,7,9,16H2,1-4H3. The van der Waals surface area contributed by atoms with Gasteiger partial charge in [0, 0.05) is 18.0 Å². The molecule has 0 saturated carbocycles. The molecule has 4 nitrogen and oxygen atoms in total. The summed E-state index contributed by atoms with van der Waals surface area (Å²) in [5, 5.41) is 0. The number of carbonyl (C=O) groups excluding carboxylic acids is 1. The Hall–Kier alpha value is -1.55. The number of Topliss-reactive ketones (excluding diaryl/α,β-unsaturated/α-hetero) is 1. The molecule has 106 valence electrons. The van der Waals surface area contributed by atoms with Crippen LogP contribution in [-0.4, -0.2) is 26.5 Å². The molecule has 1 aromatic carbocycles. The Morgan fingerprint density at radius 3 is 2.32 bits per heavy atom. The van der Waals surface area contributed by atoms with Gasteiger partial charge in [0.05, 0.1) is 14.2 Å². The van der Waals surface area contributed by atoms with Crippen molar-refractivity contribution in [1.29, 1.82) is 0 Å². The summed E-state index contributed by atoms with van der Waals surface area (Å²) in [6, 6.07) is 5.21. The summed E-state index contributed by atoms with van der Waals surface area (Å²) >= 11 is 0. The SMILES string of the molecule is COc1ccc(C(=O)C(CN)CC(C)C)cc1OC. The van der Waals surface area contributed by atoms with E-state index in [9.17, 15) is 4.79 Å². The number of hydrogen-bond acceptors (Lipinski definition) is 4. The van der Waals surface area contributed by atoms with Gasteiger partial charge in [-0.1, -0.05) is 13.8 Å². The molecule has 4 heteroatoms. The maximum Gasteiger partial charge on any atom is 0.167 e. The Kier molecular flexibility index (Phi) is 5.83. The van der Waals surface area contributed by atoms with Gasteiger partial charge in [-0.25, -0.2) is 0 Å². The lowest BCUT2D eigenvalue weighted by Crippen LogP contribution is -2.25. The number of methoxy groups -OCH3 is 2. The molecule has 2 N–H and O–H groups in total. The summed E-state index contributed by atoms with van der Waals surface area (Å²) in [6.07, 6.45) is 0.795. The van der Waals surface area contributed by atoms with Crippen molar-refractivity contribution in [3.8, 4) is 11.5 Å². The first-order valence-electron chi connectivity index (χ1n) is 6.49. The Labute approximate surface area is 114 Å². The van der Waals surface area contributed by atoms with E-state index in [0.717, 1.165) is 6.42 Å². The summed E-state index contributed by atoms with van der Waals surface area (Å²) < 4.78 is 10.4. The first kappa shape index (κ1) is 15.5. The summed E-state index contributed by atoms with van der Waals surface area (Å²) in [4.78, 5) is 12.4. The van der Waals surface area contributed by atoms with Gasteiger partial charge in [0.2, 0.25) is 0 Å². The van der Waals surface area contributed by atoms with E-state index in [1.54, 1.807) is 32.4 Å². The van der Waals surface area contributed by atoms with Gasteiger partial charge in [0.1, 0.15) is 0 Å². The zero-order valence-corrected chi connectivity index (χ0v) is 12.1. The monoisotopic (exact) mass is 265 g/mol. The van der Waals surface area contributed by atoms with Gasteiger partial charge >= 0.3 is 0 Å². The molecule has 1 aromatic rings. The Bertz CT molecular complexity index is 429. The van der Waals surface area contributed by atoms with Crippen molar-refractivity contribution in [2.75, 3.05) is 20.8 Å². The highest BCUT2D eigenvalue weighted by Gasteiger charge is 2.21. The van der Waals surface area contributed by atoms with Crippen molar-refractivity contribution >= 4 is 5.78 Å². The average molecular weight is 265 g/mol. The van der Waals surface area contributed by atoms with Gasteiger partial charge in [0.15, 0.2) is 17.3 Å². The van der Waals surface area contributed by atoms with Crippen LogP contribution in [0.3, 0.4) is 0 Å². The lowest BCUT2D eigenvalue weighted by Gasteiger charge is -2.17. The second kappa shape index (κ2) is 7.14. The normalized spacial score (nSPS) is 12.3. The van der Waals surface area contributed by atoms with E-state index >= 15 is 0 Å². The Balaban J connectivity index is 2.98. The largest absolute Gasteiger partial charge is 0.493 e. The number of carbonyl (C=O) groups is 1. The van der Waals surface area contributed by atoms with E-state index in [2.05, 4.69) is 13.8 Å². The molecular formula is C15H23NO3. The maximum absolute atomic E-state index is 12.4. The predicted octanol–water partition coefficient (Wildman–Crippen LogP) is 2.51. The van der Waals surface area contributed by atoms with Gasteiger partial charge in [-0.15, -0.1) is 0 Å². The van der Waals surface area contributed by atoms with Crippen LogP contribution in [0.25, 0.3) is 0 Å². The lowest BCUT2D eigenvalue weighted by atomic mass is 9.90. The van der Waals surface area contributed by atoms with Crippen LogP contribution in [0.4, 0.5) is 0 Å². The molecule has 0 aliphatic rings. The quantitative estimate of drug-likeness (QED) is 0.769. The molecule has 0 spiro atoms. The van der Waals surface area contributed by atoms with Crippen molar-refractivity contribution in [2.45, 2.75) is 20.3 Å². The van der Waals surface area contributed by atoms with E-state index in [4.69, 9.17) is 15.2 Å². The molecule has 0 saturated heterocycles. The molecule has 0 fully saturated rings. The zero-order chi connectivity index (χ0) is 14.4. The minimum atomic E-state index is -0.141. The predicted molar refractivity (Wildman–Crippen MR) is 75.9 cm³/mol. The Morgan fingerprint density at radius 2 is 1.84 bits per heavy atom. The van der Waals surface area contributed by atoms with E-state index in [1.165, 1.54) is 0 Å². The summed E-state index contributed by atoms with van der Waals surface area (Å²) in [6.45, 7) is 4.54. The fourth-order valence-electron chi connectivity index (χ4n) is 2.10. The summed E-state index contributed by atoms with van der Waals surface area (Å²) in [7, 11) is 3.13. The van der Waals surface area contributed by atoms with Crippen molar-refractivity contribution < 1.29 is 14.3 Å². The number of ketones is 1. The minimum Gasteiger partial charge on any atom is -0.493 e. The van der Waals surface area contributed by atoms with Crippen molar-refractivity contribution in [3.05, 3.63) is 23.8 Å². The summed E-state index contributed by atoms with van der Waals surface area (Å²) in [5.74, 6) is 1.55. The molecule has 19 heavy (non-hydrogen) atoms. The fourth-order valence-corrected chi connectivity index (χ4v) is 2.10. The smallest absolute Gasteiger partial charge is 0.167 e. The number of ether oxygens (including phenoxy) is 2. The van der Waals surface area contributed by atoms with Gasteiger partial charge in [0.25, 0.3) is 0 Å². The lowest BCUT2D eigenvalue weighted by molar-refractivity contribution is 0.0908. The molecule has 0 aromatic heterocycles. The van der Waals surface area contributed by atoms with Crippen LogP contribution in [0.1, 0.15) is 30.6 Å². The van der Waals surface area contributed by atoms with Crippen LogP contribution in [0.15, 0.2) is 18.2 Å². The number of benzene rings is 1. The van der Waals surface area contributed by atoms with Crippen LogP contribution in [0, 0.1) is 11.8 Å². The van der Waals surface area contributed by atoms with Crippen LogP contribution in [0.5, 0.6) is 11.5 Å². The van der Waals surface area contributed by atoms with Crippen LogP contribution in [0.2, 0.25) is 0 Å². The molecule has 0 radical (unpaired) electrons. The number of rotatable bonds is 7. The Morgan fingerprint density at radius 1 is 1.21 bits per heavy atom. The topological polar surface area (TPSA) is 61.5 Å². The molecular weight excluding hydrogens is 242 g/mol. The molecule has 0 aliphatic heterocycles. The highest BCUT2D eigenvalue weighted by atomic mass is 16.5. The number of hydrogen-bond donors (Lipinski definition) is 1. The zero-order valence-electron chi connectivity index (χ0n) is 12.1. The fraction of sp³-hybridized carbons (Fsp3) is 0.533. The van der Waals surface area contributed by atoms with Gasteiger partial charge in [-0.05, 0) is 30.5 Å². The molecule has 0 heterocycles. The van der Waals surface area contributed by atoms with E-state index in [0.29, 0.717) is 29.5 Å². The highest BCUT2D eigenvalue weighted by molar-refractivity contribution is 5.98. The highest BCUT2D eigenvalue weighted by Crippen LogP contribution is 2.29. The molecule has 1 rings (SSSR count). The molecule has 0 aliphatic carbocycles. The first-order chi connectivity index (χ1) is 9.03. The summed E-state index contributed by atoms with van der Waals surface area (Å²) in [5.41, 5.74) is 6.33. The second-order valence-electron chi connectivity index (χ2n) is 5.00. The molecule has 1 unspecified atom stereocenters. The van der Waals surface area contributed by atoms with Crippen molar-refractivity contribution in [2.24, 2.45) is 17.6 Å². The average Bonchev–Trinajstić information content (AvgIpc) is 2.42. The van der Waals surface area contributed by atoms with Crippen molar-refractivity contribution in [3.63, 3.8) is 0 Å². The van der Waals surface area contributed by atoms with Crippen LogP contribution >= 0.6 is 0 Å². The first-order valence-corrected chi connectivity index (χ1v) is 6.49. The van der Waals surface area contributed by atoms with Gasteiger partial charge in [-0.2, -0.15) is 0 Å². The third-order valence-electron chi connectivity index (χ3n) is 3.08. The second-order valence-corrected chi connectivity index (χ2v) is 5.00. The van der Waals surface area contributed by atoms with Gasteiger partial charge in [-0.3, -0.25) is 4.79 Å². The molecule has 1 atom stereocenters. The third kappa shape index (κ3) is 3.96. The maximum atomic E-state index is 12.4. The minimum absolute atomic E-state index is 0.0668. The van der Waals surface area contributed by atoms with Crippen LogP contribution in [-0.2, 0) is 0 Å². The van der Waals surface area contributed by atoms with Crippen molar-refractivity contribution in [1.82, 2.24) is 0 Å². The van der Waals surface area contributed by atoms with E-state index in [-0.39, 0.29) is 11.7 Å². The number of nitrogens with two attached hydrogens (primary N) is 1. The third-order valence-corrected chi connectivity index (χ3v) is 3.08. The van der Waals surface area contributed by atoms with E-state index < -0.39 is 0 Å². The molecule has 0 amide bonds. The molecule has 0 bridgehead atoms.